The molecule has 0 aliphatic heterocycles. The molecule has 1 unspecified atom stereocenters. The molecule has 1 atom stereocenters. The number of aryl methyl sites for hydroxylation is 1. The minimum absolute atomic E-state index is 0.196. The van der Waals surface area contributed by atoms with Crippen LogP contribution in [0.25, 0.3) is 0 Å². The first-order valence-electron chi connectivity index (χ1n) is 6.82. The topological polar surface area (TPSA) is 76.2 Å². The van der Waals surface area contributed by atoms with Crippen molar-refractivity contribution in [2.75, 3.05) is 0 Å². The molecule has 19 heavy (non-hydrogen) atoms. The summed E-state index contributed by atoms with van der Waals surface area (Å²) in [5.74, 6) is 0.996. The van der Waals surface area contributed by atoms with Crippen LogP contribution in [0.1, 0.15) is 58.7 Å². The Bertz CT molecular complexity index is 407. The first kappa shape index (κ1) is 15.7. The van der Waals surface area contributed by atoms with E-state index in [2.05, 4.69) is 37.9 Å². The zero-order valence-electron chi connectivity index (χ0n) is 12.3. The summed E-state index contributed by atoms with van der Waals surface area (Å²) in [6, 6.07) is 0. The molecule has 1 N–H and O–H groups in total. The highest BCUT2D eigenvalue weighted by molar-refractivity contribution is 5.66. The van der Waals surface area contributed by atoms with Gasteiger partial charge in [-0.2, -0.15) is 0 Å². The van der Waals surface area contributed by atoms with Crippen LogP contribution in [0, 0.1) is 11.3 Å². The number of aromatic nitrogens is 2. The molecule has 0 aromatic carbocycles. The van der Waals surface area contributed by atoms with Crippen LogP contribution in [-0.2, 0) is 17.6 Å². The fraction of sp³-hybridized carbons (Fsp3) is 0.786. The van der Waals surface area contributed by atoms with Crippen LogP contribution in [0.2, 0.25) is 0 Å². The summed E-state index contributed by atoms with van der Waals surface area (Å²) in [6.07, 6.45) is 3.05. The summed E-state index contributed by atoms with van der Waals surface area (Å²) in [5, 5.41) is 16.6. The van der Waals surface area contributed by atoms with Gasteiger partial charge < -0.3 is 9.52 Å². The number of rotatable bonds is 7. The number of carboxylic acid groups (broad SMARTS) is 1. The van der Waals surface area contributed by atoms with Crippen molar-refractivity contribution in [2.24, 2.45) is 11.3 Å². The second kappa shape index (κ2) is 6.68. The third-order valence-corrected chi connectivity index (χ3v) is 3.50. The SMILES string of the molecule is CC(Cc1nnc(CCCCC(=O)O)o1)C(C)(C)C. The monoisotopic (exact) mass is 268 g/mol. The molecular formula is C14H24N2O3. The van der Waals surface area contributed by atoms with Gasteiger partial charge in [0.1, 0.15) is 0 Å². The Kier molecular flexibility index (Phi) is 5.51. The van der Waals surface area contributed by atoms with Crippen LogP contribution in [0.4, 0.5) is 0 Å². The van der Waals surface area contributed by atoms with Gasteiger partial charge in [-0.15, -0.1) is 10.2 Å². The molecule has 0 saturated carbocycles. The second-order valence-electron chi connectivity index (χ2n) is 6.16. The number of hydrogen-bond donors (Lipinski definition) is 1. The first-order valence-corrected chi connectivity index (χ1v) is 6.82. The third-order valence-electron chi connectivity index (χ3n) is 3.50. The molecule has 5 nitrogen and oxygen atoms in total. The average Bonchev–Trinajstić information content (AvgIpc) is 2.70. The number of carboxylic acids is 1. The van der Waals surface area contributed by atoms with E-state index in [9.17, 15) is 4.79 Å². The number of carbonyl (C=O) groups is 1. The van der Waals surface area contributed by atoms with E-state index in [1.807, 2.05) is 0 Å². The van der Waals surface area contributed by atoms with Crippen molar-refractivity contribution in [2.45, 2.75) is 59.8 Å². The van der Waals surface area contributed by atoms with Crippen molar-refractivity contribution in [3.63, 3.8) is 0 Å². The van der Waals surface area contributed by atoms with Crippen LogP contribution in [0.3, 0.4) is 0 Å². The van der Waals surface area contributed by atoms with Crippen molar-refractivity contribution in [3.8, 4) is 0 Å². The number of aliphatic carboxylic acids is 1. The fourth-order valence-electron chi connectivity index (χ4n) is 1.59. The lowest BCUT2D eigenvalue weighted by molar-refractivity contribution is -0.137. The fourth-order valence-corrected chi connectivity index (χ4v) is 1.59. The largest absolute Gasteiger partial charge is 0.481 e. The van der Waals surface area contributed by atoms with E-state index in [1.54, 1.807) is 0 Å². The van der Waals surface area contributed by atoms with Crippen LogP contribution in [0.5, 0.6) is 0 Å². The maximum atomic E-state index is 10.4. The Labute approximate surface area is 114 Å². The molecule has 0 spiro atoms. The third kappa shape index (κ3) is 5.85. The van der Waals surface area contributed by atoms with Crippen LogP contribution in [0.15, 0.2) is 4.42 Å². The predicted octanol–water partition coefficient (Wildman–Crippen LogP) is 3.09. The van der Waals surface area contributed by atoms with Gasteiger partial charge in [0.25, 0.3) is 0 Å². The average molecular weight is 268 g/mol. The molecular weight excluding hydrogens is 244 g/mol. The molecule has 1 aromatic rings. The van der Waals surface area contributed by atoms with Gasteiger partial charge in [0.2, 0.25) is 11.8 Å². The molecule has 1 aromatic heterocycles. The Morgan fingerprint density at radius 3 is 2.47 bits per heavy atom. The summed E-state index contributed by atoms with van der Waals surface area (Å²) < 4.78 is 5.59. The number of unbranched alkanes of at least 4 members (excludes halogenated alkanes) is 1. The van der Waals surface area contributed by atoms with Crippen molar-refractivity contribution in [3.05, 3.63) is 11.8 Å². The van der Waals surface area contributed by atoms with Crippen LogP contribution >= 0.6 is 0 Å². The smallest absolute Gasteiger partial charge is 0.303 e. The minimum Gasteiger partial charge on any atom is -0.481 e. The molecule has 0 fully saturated rings. The van der Waals surface area contributed by atoms with Gasteiger partial charge in [0.05, 0.1) is 0 Å². The maximum absolute atomic E-state index is 10.4. The zero-order valence-corrected chi connectivity index (χ0v) is 12.3. The van der Waals surface area contributed by atoms with Crippen LogP contribution < -0.4 is 0 Å². The normalized spacial score (nSPS) is 13.5. The van der Waals surface area contributed by atoms with Gasteiger partial charge in [-0.1, -0.05) is 27.7 Å². The highest BCUT2D eigenvalue weighted by Gasteiger charge is 2.22. The Morgan fingerprint density at radius 2 is 1.89 bits per heavy atom. The second-order valence-corrected chi connectivity index (χ2v) is 6.16. The molecule has 0 radical (unpaired) electrons. The highest BCUT2D eigenvalue weighted by atomic mass is 16.4. The van der Waals surface area contributed by atoms with E-state index < -0.39 is 5.97 Å². The van der Waals surface area contributed by atoms with Gasteiger partial charge in [0.15, 0.2) is 0 Å². The van der Waals surface area contributed by atoms with E-state index >= 15 is 0 Å². The summed E-state index contributed by atoms with van der Waals surface area (Å²) in [4.78, 5) is 10.4. The van der Waals surface area contributed by atoms with E-state index in [-0.39, 0.29) is 11.8 Å². The van der Waals surface area contributed by atoms with E-state index in [1.165, 1.54) is 0 Å². The lowest BCUT2D eigenvalue weighted by Gasteiger charge is -2.25. The van der Waals surface area contributed by atoms with Gasteiger partial charge in [0, 0.05) is 19.3 Å². The summed E-state index contributed by atoms with van der Waals surface area (Å²) in [6.45, 7) is 8.76. The summed E-state index contributed by atoms with van der Waals surface area (Å²) in [5.41, 5.74) is 0.218. The molecule has 108 valence electrons. The lowest BCUT2D eigenvalue weighted by atomic mass is 9.80. The minimum atomic E-state index is -0.759. The molecule has 0 saturated heterocycles. The molecule has 1 heterocycles. The Balaban J connectivity index is 2.38. The Morgan fingerprint density at radius 1 is 1.26 bits per heavy atom. The van der Waals surface area contributed by atoms with Crippen molar-refractivity contribution < 1.29 is 14.3 Å². The first-order chi connectivity index (χ1) is 8.79. The lowest BCUT2D eigenvalue weighted by Crippen LogP contribution is -2.19. The van der Waals surface area contributed by atoms with Gasteiger partial charge in [-0.3, -0.25) is 4.79 Å². The molecule has 0 amide bonds. The van der Waals surface area contributed by atoms with E-state index in [0.717, 1.165) is 12.8 Å². The molecule has 1 rings (SSSR count). The molecule has 0 aliphatic rings. The molecule has 0 aliphatic carbocycles. The zero-order chi connectivity index (χ0) is 14.5. The Hall–Kier alpha value is -1.39. The standard InChI is InChI=1S/C14H24N2O3/c1-10(14(2,3)4)9-12-16-15-11(19-12)7-5-6-8-13(17)18/h10H,5-9H2,1-4H3,(H,17,18). The van der Waals surface area contributed by atoms with Gasteiger partial charge in [-0.25, -0.2) is 0 Å². The van der Waals surface area contributed by atoms with E-state index in [0.29, 0.717) is 30.5 Å². The number of hydrogen-bond acceptors (Lipinski definition) is 4. The van der Waals surface area contributed by atoms with E-state index in [4.69, 9.17) is 9.52 Å². The molecule has 0 bridgehead atoms. The quantitative estimate of drug-likeness (QED) is 0.769. The maximum Gasteiger partial charge on any atom is 0.303 e. The van der Waals surface area contributed by atoms with Gasteiger partial charge >= 0.3 is 5.97 Å². The van der Waals surface area contributed by atoms with Crippen LogP contribution in [-0.4, -0.2) is 21.3 Å². The number of nitrogens with zero attached hydrogens (tertiary/aromatic N) is 2. The molecule has 5 heteroatoms. The van der Waals surface area contributed by atoms with Gasteiger partial charge in [-0.05, 0) is 24.2 Å². The van der Waals surface area contributed by atoms with Crippen molar-refractivity contribution >= 4 is 5.97 Å². The summed E-state index contributed by atoms with van der Waals surface area (Å²) >= 11 is 0. The highest BCUT2D eigenvalue weighted by Crippen LogP contribution is 2.28. The predicted molar refractivity (Wildman–Crippen MR) is 71.8 cm³/mol. The summed E-state index contributed by atoms with van der Waals surface area (Å²) in [7, 11) is 0. The van der Waals surface area contributed by atoms with Crippen molar-refractivity contribution in [1.29, 1.82) is 0 Å². The van der Waals surface area contributed by atoms with Crippen molar-refractivity contribution in [1.82, 2.24) is 10.2 Å².